The first-order valence-corrected chi connectivity index (χ1v) is 6.91. The van der Waals surface area contributed by atoms with Gasteiger partial charge in [0.15, 0.2) is 0 Å². The summed E-state index contributed by atoms with van der Waals surface area (Å²) < 4.78 is 5.92. The van der Waals surface area contributed by atoms with Crippen molar-refractivity contribution in [3.63, 3.8) is 0 Å². The maximum absolute atomic E-state index is 5.92. The Hall–Kier alpha value is -1.22. The number of fused-ring (bicyclic) bond motifs is 1. The van der Waals surface area contributed by atoms with Crippen molar-refractivity contribution in [2.24, 2.45) is 5.92 Å². The predicted octanol–water partition coefficient (Wildman–Crippen LogP) is 4.02. The molecule has 17 heavy (non-hydrogen) atoms. The molecule has 0 unspecified atom stereocenters. The summed E-state index contributed by atoms with van der Waals surface area (Å²) in [6.07, 6.45) is 1.95. The highest BCUT2D eigenvalue weighted by atomic mass is 28.2. The quantitative estimate of drug-likeness (QED) is 0.809. The zero-order chi connectivity index (χ0) is 12.5. The Bertz CT molecular complexity index is 502. The maximum atomic E-state index is 5.92. The van der Waals surface area contributed by atoms with Gasteiger partial charge in [-0.25, -0.2) is 0 Å². The second-order valence-corrected chi connectivity index (χ2v) is 7.00. The molecule has 2 radical (unpaired) electrons. The smallest absolute Gasteiger partial charge is 0.317 e. The minimum Gasteiger partial charge on any atom is -0.540 e. The first kappa shape index (κ1) is 12.2. The third kappa shape index (κ3) is 2.72. The van der Waals surface area contributed by atoms with Crippen LogP contribution in [0.4, 0.5) is 0 Å². The van der Waals surface area contributed by atoms with Crippen LogP contribution in [0.15, 0.2) is 30.5 Å². The fraction of sp³-hybridized carbons (Fsp3) is 0.429. The van der Waals surface area contributed by atoms with Gasteiger partial charge in [-0.1, -0.05) is 27.7 Å². The molecule has 2 rings (SSSR count). The van der Waals surface area contributed by atoms with Crippen LogP contribution < -0.4 is 4.43 Å². The number of H-pyrrole nitrogens is 1. The fourth-order valence-electron chi connectivity index (χ4n) is 1.40. The van der Waals surface area contributed by atoms with E-state index in [1.54, 1.807) is 0 Å². The first-order valence-electron chi connectivity index (χ1n) is 6.00. The molecule has 3 heteroatoms. The molecule has 0 saturated heterocycles. The Kier molecular flexibility index (Phi) is 3.29. The van der Waals surface area contributed by atoms with E-state index in [9.17, 15) is 0 Å². The molecule has 2 aromatic rings. The zero-order valence-corrected chi connectivity index (χ0v) is 11.9. The molecule has 0 saturated carbocycles. The molecule has 0 atom stereocenters. The van der Waals surface area contributed by atoms with Crippen LogP contribution in [0.1, 0.15) is 27.7 Å². The molecule has 0 fully saturated rings. The second-order valence-electron chi connectivity index (χ2n) is 5.31. The number of aromatic nitrogens is 1. The summed E-state index contributed by atoms with van der Waals surface area (Å²) in [6.45, 7) is 8.99. The van der Waals surface area contributed by atoms with Crippen molar-refractivity contribution in [3.8, 4) is 5.75 Å². The van der Waals surface area contributed by atoms with E-state index >= 15 is 0 Å². The van der Waals surface area contributed by atoms with Gasteiger partial charge >= 0.3 is 9.76 Å². The lowest BCUT2D eigenvalue weighted by Crippen LogP contribution is -2.24. The van der Waals surface area contributed by atoms with Gasteiger partial charge in [-0.2, -0.15) is 0 Å². The molecule has 0 amide bonds. The van der Waals surface area contributed by atoms with Crippen LogP contribution in [0.25, 0.3) is 10.9 Å². The van der Waals surface area contributed by atoms with Gasteiger partial charge in [0, 0.05) is 17.1 Å². The molecular weight excluding hydrogens is 226 g/mol. The largest absolute Gasteiger partial charge is 0.540 e. The lowest BCUT2D eigenvalue weighted by molar-refractivity contribution is 0.428. The van der Waals surface area contributed by atoms with Crippen LogP contribution >= 0.6 is 0 Å². The Labute approximate surface area is 105 Å². The van der Waals surface area contributed by atoms with E-state index in [1.807, 2.05) is 12.3 Å². The van der Waals surface area contributed by atoms with Crippen LogP contribution in [0, 0.1) is 5.92 Å². The number of nitrogens with one attached hydrogen (secondary N) is 1. The van der Waals surface area contributed by atoms with Gasteiger partial charge in [0.1, 0.15) is 5.75 Å². The molecule has 2 nitrogen and oxygen atoms in total. The summed E-state index contributed by atoms with van der Waals surface area (Å²) in [5.74, 6) is 1.58. The average Bonchev–Trinajstić information content (AvgIpc) is 2.73. The van der Waals surface area contributed by atoms with E-state index in [0.717, 1.165) is 11.3 Å². The van der Waals surface area contributed by atoms with Crippen molar-refractivity contribution in [2.45, 2.75) is 32.7 Å². The molecule has 1 N–H and O–H groups in total. The molecule has 0 spiro atoms. The predicted molar refractivity (Wildman–Crippen MR) is 73.6 cm³/mol. The molecule has 0 aliphatic heterocycles. The summed E-state index contributed by atoms with van der Waals surface area (Å²) in [4.78, 5) is 3.18. The Morgan fingerprint density at radius 2 is 2.00 bits per heavy atom. The zero-order valence-electron chi connectivity index (χ0n) is 10.9. The third-order valence-electron chi connectivity index (χ3n) is 3.40. The summed E-state index contributed by atoms with van der Waals surface area (Å²) >= 11 is 0. The van der Waals surface area contributed by atoms with E-state index in [-0.39, 0.29) is 5.04 Å². The van der Waals surface area contributed by atoms with E-state index in [2.05, 4.69) is 50.9 Å². The topological polar surface area (TPSA) is 25.0 Å². The van der Waals surface area contributed by atoms with Crippen LogP contribution in [0.5, 0.6) is 5.75 Å². The van der Waals surface area contributed by atoms with E-state index in [4.69, 9.17) is 4.43 Å². The van der Waals surface area contributed by atoms with Gasteiger partial charge in [-0.15, -0.1) is 0 Å². The Balaban J connectivity index is 2.08. The number of aromatic amines is 1. The van der Waals surface area contributed by atoms with Gasteiger partial charge in [-0.3, -0.25) is 0 Å². The van der Waals surface area contributed by atoms with Gasteiger partial charge in [0.05, 0.1) is 0 Å². The van der Waals surface area contributed by atoms with Crippen molar-refractivity contribution >= 4 is 20.7 Å². The molecule has 90 valence electrons. The second kappa shape index (κ2) is 4.57. The molecule has 1 aromatic carbocycles. The molecule has 1 heterocycles. The lowest BCUT2D eigenvalue weighted by Gasteiger charge is -2.26. The minimum atomic E-state index is 0.229. The SMILES string of the molecule is CC(C)C(C)(C)[Si]Oc1ccc2[nH]ccc2c1. The molecular formula is C14H19NOSi. The normalized spacial score (nSPS) is 12.3. The maximum Gasteiger partial charge on any atom is 0.317 e. The Morgan fingerprint density at radius 3 is 2.71 bits per heavy atom. The number of hydrogen-bond acceptors (Lipinski definition) is 1. The van der Waals surface area contributed by atoms with Gasteiger partial charge in [-0.05, 0) is 35.2 Å². The summed E-state index contributed by atoms with van der Waals surface area (Å²) in [7, 11) is 0.487. The molecule has 1 aromatic heterocycles. The van der Waals surface area contributed by atoms with E-state index in [0.29, 0.717) is 15.7 Å². The standard InChI is InChI=1S/C14H19NOSi/c1-10(2)14(3,4)17-16-12-5-6-13-11(9-12)7-8-15-13/h5-10,15H,1-4H3. The van der Waals surface area contributed by atoms with Crippen molar-refractivity contribution in [1.29, 1.82) is 0 Å². The minimum absolute atomic E-state index is 0.229. The highest BCUT2D eigenvalue weighted by Crippen LogP contribution is 2.33. The summed E-state index contributed by atoms with van der Waals surface area (Å²) in [5, 5.41) is 1.43. The number of rotatable bonds is 4. The van der Waals surface area contributed by atoms with E-state index < -0.39 is 0 Å². The van der Waals surface area contributed by atoms with Crippen LogP contribution in [-0.2, 0) is 0 Å². The Morgan fingerprint density at radius 1 is 1.24 bits per heavy atom. The lowest BCUT2D eigenvalue weighted by atomic mass is 9.99. The van der Waals surface area contributed by atoms with Gasteiger partial charge < -0.3 is 9.41 Å². The summed E-state index contributed by atoms with van der Waals surface area (Å²) in [6, 6.07) is 8.26. The van der Waals surface area contributed by atoms with Crippen molar-refractivity contribution in [1.82, 2.24) is 4.98 Å². The number of benzene rings is 1. The van der Waals surface area contributed by atoms with Gasteiger partial charge in [0.25, 0.3) is 0 Å². The van der Waals surface area contributed by atoms with Crippen LogP contribution in [0.2, 0.25) is 5.04 Å². The highest BCUT2D eigenvalue weighted by Gasteiger charge is 2.26. The van der Waals surface area contributed by atoms with Crippen LogP contribution in [-0.4, -0.2) is 14.7 Å². The fourth-order valence-corrected chi connectivity index (χ4v) is 2.15. The van der Waals surface area contributed by atoms with Crippen LogP contribution in [0.3, 0.4) is 0 Å². The molecule has 0 aliphatic carbocycles. The van der Waals surface area contributed by atoms with Crippen molar-refractivity contribution in [2.75, 3.05) is 0 Å². The molecule has 0 bridgehead atoms. The average molecular weight is 245 g/mol. The summed E-state index contributed by atoms with van der Waals surface area (Å²) in [5.41, 5.74) is 1.16. The first-order chi connectivity index (χ1) is 7.99. The number of hydrogen-bond donors (Lipinski definition) is 1. The highest BCUT2D eigenvalue weighted by molar-refractivity contribution is 6.33. The monoisotopic (exact) mass is 245 g/mol. The third-order valence-corrected chi connectivity index (χ3v) is 4.84. The molecule has 0 aliphatic rings. The van der Waals surface area contributed by atoms with Crippen molar-refractivity contribution in [3.05, 3.63) is 30.5 Å². The van der Waals surface area contributed by atoms with Gasteiger partial charge in [0.2, 0.25) is 0 Å². The van der Waals surface area contributed by atoms with Crippen molar-refractivity contribution < 1.29 is 4.43 Å². The van der Waals surface area contributed by atoms with E-state index in [1.165, 1.54) is 5.39 Å².